The average molecular weight is 443 g/mol. The van der Waals surface area contributed by atoms with Gasteiger partial charge < -0.3 is 9.47 Å². The van der Waals surface area contributed by atoms with E-state index in [1.807, 2.05) is 60.7 Å². The fourth-order valence-electron chi connectivity index (χ4n) is 2.28. The number of hydrogen-bond donors (Lipinski definition) is 0. The van der Waals surface area contributed by atoms with Gasteiger partial charge in [0, 0.05) is 35.2 Å². The lowest BCUT2D eigenvalue weighted by molar-refractivity contribution is -0.137. The van der Waals surface area contributed by atoms with E-state index in [1.165, 1.54) is 12.2 Å². The van der Waals surface area contributed by atoms with Crippen LogP contribution in [0.4, 0.5) is 0 Å². The van der Waals surface area contributed by atoms with Crippen molar-refractivity contribution in [1.29, 1.82) is 0 Å². The van der Waals surface area contributed by atoms with E-state index < -0.39 is 0 Å². The van der Waals surface area contributed by atoms with Gasteiger partial charge in [0.15, 0.2) is 0 Å². The highest BCUT2D eigenvalue weighted by molar-refractivity contribution is 8.02. The molecule has 0 saturated heterocycles. The highest BCUT2D eigenvalue weighted by Gasteiger charge is 1.99. The van der Waals surface area contributed by atoms with Crippen molar-refractivity contribution in [3.05, 3.63) is 83.9 Å². The summed E-state index contributed by atoms with van der Waals surface area (Å²) in [5.41, 5.74) is 1.94. The van der Waals surface area contributed by atoms with Crippen LogP contribution in [0.5, 0.6) is 0 Å². The average Bonchev–Trinajstić information content (AvgIpc) is 2.79. The van der Waals surface area contributed by atoms with Crippen LogP contribution in [-0.4, -0.2) is 48.2 Å². The Morgan fingerprint density at radius 1 is 0.633 bits per heavy atom. The molecule has 0 N–H and O–H groups in total. The van der Waals surface area contributed by atoms with Crippen molar-refractivity contribution in [1.82, 2.24) is 0 Å². The van der Waals surface area contributed by atoms with Crippen LogP contribution >= 0.6 is 23.5 Å². The second-order valence-corrected chi connectivity index (χ2v) is 8.50. The minimum Gasteiger partial charge on any atom is -0.462 e. The lowest BCUT2D eigenvalue weighted by atomic mass is 10.2. The Kier molecular flexibility index (Phi) is 12.2. The summed E-state index contributed by atoms with van der Waals surface area (Å²) in [6.07, 6.45) is 6.39. The van der Waals surface area contributed by atoms with Crippen LogP contribution in [-0.2, 0) is 19.1 Å². The predicted molar refractivity (Wildman–Crippen MR) is 128 cm³/mol. The molecule has 2 aromatic carbocycles. The van der Waals surface area contributed by atoms with E-state index in [2.05, 4.69) is 0 Å². The normalized spacial score (nSPS) is 11.1. The number of carbonyl (C=O) groups excluding carboxylic acids is 2. The van der Waals surface area contributed by atoms with Crippen molar-refractivity contribution in [2.75, 3.05) is 36.2 Å². The van der Waals surface area contributed by atoms with Crippen molar-refractivity contribution in [2.45, 2.75) is 0 Å². The lowest BCUT2D eigenvalue weighted by Gasteiger charge is -2.04. The maximum atomic E-state index is 11.6. The third kappa shape index (κ3) is 11.5. The largest absolute Gasteiger partial charge is 0.462 e. The van der Waals surface area contributed by atoms with Crippen LogP contribution < -0.4 is 0 Å². The van der Waals surface area contributed by atoms with Crippen LogP contribution in [0.1, 0.15) is 11.1 Å². The molecule has 0 saturated carbocycles. The first-order chi connectivity index (χ1) is 14.7. The van der Waals surface area contributed by atoms with Gasteiger partial charge in [-0.3, -0.25) is 0 Å². The second-order valence-electron chi connectivity index (χ2n) is 6.05. The maximum absolute atomic E-state index is 11.6. The summed E-state index contributed by atoms with van der Waals surface area (Å²) in [5, 5.41) is 0. The minimum atomic E-state index is -0.322. The predicted octanol–water partition coefficient (Wildman–Crippen LogP) is 4.97. The Morgan fingerprint density at radius 2 is 1.03 bits per heavy atom. The molecule has 158 valence electrons. The molecular weight excluding hydrogens is 416 g/mol. The Bertz CT molecular complexity index is 735. The third-order valence-electron chi connectivity index (χ3n) is 3.74. The zero-order valence-corrected chi connectivity index (χ0v) is 18.4. The summed E-state index contributed by atoms with van der Waals surface area (Å²) >= 11 is 3.48. The molecule has 0 bridgehead atoms. The molecule has 0 amide bonds. The molecule has 0 radical (unpaired) electrons. The van der Waals surface area contributed by atoms with Crippen molar-refractivity contribution >= 4 is 47.6 Å². The van der Waals surface area contributed by atoms with Gasteiger partial charge in [0.2, 0.25) is 0 Å². The van der Waals surface area contributed by atoms with Crippen LogP contribution in [0.25, 0.3) is 12.2 Å². The summed E-state index contributed by atoms with van der Waals surface area (Å²) in [6, 6.07) is 19.3. The number of ether oxygens (including phenoxy) is 2. The maximum Gasteiger partial charge on any atom is 0.330 e. The fourth-order valence-corrected chi connectivity index (χ4v) is 4.03. The summed E-state index contributed by atoms with van der Waals surface area (Å²) in [5.74, 6) is 2.82. The number of thioether (sulfide) groups is 2. The lowest BCUT2D eigenvalue weighted by Crippen LogP contribution is -2.06. The van der Waals surface area contributed by atoms with Crippen molar-refractivity contribution in [2.24, 2.45) is 0 Å². The first-order valence-electron chi connectivity index (χ1n) is 9.69. The van der Waals surface area contributed by atoms with Crippen molar-refractivity contribution < 1.29 is 19.1 Å². The van der Waals surface area contributed by atoms with Crippen LogP contribution in [0.3, 0.4) is 0 Å². The molecule has 30 heavy (non-hydrogen) atoms. The molecule has 0 aliphatic heterocycles. The first-order valence-corrected chi connectivity index (χ1v) is 12.0. The van der Waals surface area contributed by atoms with E-state index >= 15 is 0 Å². The van der Waals surface area contributed by atoms with E-state index in [0.29, 0.717) is 13.2 Å². The van der Waals surface area contributed by atoms with Crippen LogP contribution in [0, 0.1) is 0 Å². The molecule has 0 unspecified atom stereocenters. The number of benzene rings is 2. The van der Waals surface area contributed by atoms with Gasteiger partial charge in [0.05, 0.1) is 0 Å². The smallest absolute Gasteiger partial charge is 0.330 e. The monoisotopic (exact) mass is 442 g/mol. The van der Waals surface area contributed by atoms with Gasteiger partial charge >= 0.3 is 11.9 Å². The Morgan fingerprint density at radius 3 is 1.43 bits per heavy atom. The minimum absolute atomic E-state index is 0.322. The Labute approximate surface area is 186 Å². The van der Waals surface area contributed by atoms with E-state index in [-0.39, 0.29) is 11.9 Å². The van der Waals surface area contributed by atoms with Gasteiger partial charge in [-0.2, -0.15) is 23.5 Å². The van der Waals surface area contributed by atoms with Crippen molar-refractivity contribution in [3.63, 3.8) is 0 Å². The molecule has 0 aliphatic carbocycles. The molecule has 2 rings (SSSR count). The van der Waals surface area contributed by atoms with E-state index in [4.69, 9.17) is 9.47 Å². The number of rotatable bonds is 13. The SMILES string of the molecule is O=C(C=Cc1ccccc1)OCCSCCSCCOC(=O)C=Cc1ccccc1. The molecule has 0 aromatic heterocycles. The highest BCUT2D eigenvalue weighted by Crippen LogP contribution is 2.08. The summed E-state index contributed by atoms with van der Waals surface area (Å²) in [4.78, 5) is 23.3. The topological polar surface area (TPSA) is 52.6 Å². The molecule has 6 heteroatoms. The van der Waals surface area contributed by atoms with Gasteiger partial charge in [-0.15, -0.1) is 0 Å². The van der Waals surface area contributed by atoms with E-state index in [1.54, 1.807) is 35.7 Å². The molecule has 2 aromatic rings. The van der Waals surface area contributed by atoms with Gasteiger partial charge in [0.25, 0.3) is 0 Å². The second kappa shape index (κ2) is 15.4. The van der Waals surface area contributed by atoms with Crippen LogP contribution in [0.15, 0.2) is 72.8 Å². The first kappa shape index (κ1) is 23.8. The summed E-state index contributed by atoms with van der Waals surface area (Å²) < 4.78 is 10.3. The third-order valence-corrected chi connectivity index (χ3v) is 5.89. The molecule has 0 heterocycles. The molecule has 4 nitrogen and oxygen atoms in total. The summed E-state index contributed by atoms with van der Waals surface area (Å²) in [7, 11) is 0. The standard InChI is InChI=1S/C24H26O4S2/c25-23(13-11-21-7-3-1-4-8-21)27-15-17-29-19-20-30-18-16-28-24(26)14-12-22-9-5-2-6-10-22/h1-14H,15-20H2. The van der Waals surface area contributed by atoms with Gasteiger partial charge in [-0.25, -0.2) is 9.59 Å². The zero-order chi connectivity index (χ0) is 21.3. The zero-order valence-electron chi connectivity index (χ0n) is 16.8. The number of carbonyl (C=O) groups is 2. The molecule has 0 atom stereocenters. The van der Waals surface area contributed by atoms with E-state index in [0.717, 1.165) is 34.1 Å². The molecule has 0 fully saturated rings. The number of hydrogen-bond acceptors (Lipinski definition) is 6. The Hall–Kier alpha value is -2.44. The number of esters is 2. The van der Waals surface area contributed by atoms with Gasteiger partial charge in [0.1, 0.15) is 13.2 Å². The Balaban J connectivity index is 1.40. The molecular formula is C24H26O4S2. The van der Waals surface area contributed by atoms with Gasteiger partial charge in [-0.05, 0) is 23.3 Å². The summed E-state index contributed by atoms with van der Waals surface area (Å²) in [6.45, 7) is 0.803. The van der Waals surface area contributed by atoms with Crippen LogP contribution in [0.2, 0.25) is 0 Å². The molecule has 0 spiro atoms. The fraction of sp³-hybridized carbons (Fsp3) is 0.250. The molecule has 0 aliphatic rings. The van der Waals surface area contributed by atoms with Gasteiger partial charge in [-0.1, -0.05) is 60.7 Å². The quantitative estimate of drug-likeness (QED) is 0.248. The van der Waals surface area contributed by atoms with E-state index in [9.17, 15) is 9.59 Å². The highest BCUT2D eigenvalue weighted by atomic mass is 32.2. The van der Waals surface area contributed by atoms with Crippen molar-refractivity contribution in [3.8, 4) is 0 Å².